The molecule has 35 heavy (non-hydrogen) atoms. The summed E-state index contributed by atoms with van der Waals surface area (Å²) in [4.78, 5) is 24.3. The maximum absolute atomic E-state index is 6.78. The van der Waals surface area contributed by atoms with Crippen molar-refractivity contribution in [3.63, 3.8) is 0 Å². The van der Waals surface area contributed by atoms with E-state index < -0.39 is 0 Å². The van der Waals surface area contributed by atoms with Gasteiger partial charge in [0.05, 0.1) is 18.3 Å². The molecule has 0 radical (unpaired) electrons. The number of ether oxygens (including phenoxy) is 1. The first kappa shape index (κ1) is 22.4. The van der Waals surface area contributed by atoms with E-state index in [2.05, 4.69) is 37.0 Å². The number of nitrogens with one attached hydrogen (secondary N) is 1. The molecule has 2 aliphatic rings. The van der Waals surface area contributed by atoms with Crippen LogP contribution in [0.15, 0.2) is 46.6 Å². The minimum absolute atomic E-state index is 0.0161. The number of nitrogens with zero attached hydrogens (tertiary/aromatic N) is 5. The summed E-state index contributed by atoms with van der Waals surface area (Å²) in [6.45, 7) is 1.73. The number of nitrogens with two attached hydrogens (primary N) is 2. The highest BCUT2D eigenvalue weighted by Gasteiger charge is 2.46. The zero-order valence-electron chi connectivity index (χ0n) is 19.2. The molecule has 5 N–H and O–H groups in total. The second-order valence-electron chi connectivity index (χ2n) is 9.12. The van der Waals surface area contributed by atoms with Crippen LogP contribution < -0.4 is 21.1 Å². The number of benzene rings is 1. The third-order valence-corrected chi connectivity index (χ3v) is 8.69. The predicted octanol–water partition coefficient (Wildman–Crippen LogP) is 3.99. The number of pyridine rings is 1. The average Bonchev–Trinajstić information content (AvgIpc) is 3.41. The fraction of sp³-hybridized carbons (Fsp3) is 0.333. The predicted molar refractivity (Wildman–Crippen MR) is 137 cm³/mol. The van der Waals surface area contributed by atoms with Crippen LogP contribution in [0.3, 0.4) is 0 Å². The maximum atomic E-state index is 6.78. The largest absolute Gasteiger partial charge is 0.497 e. The molecule has 9 nitrogen and oxygen atoms in total. The molecule has 180 valence electrons. The lowest BCUT2D eigenvalue weighted by atomic mass is 9.73. The van der Waals surface area contributed by atoms with Crippen LogP contribution in [0, 0.1) is 5.41 Å². The molecule has 4 heterocycles. The fourth-order valence-corrected chi connectivity index (χ4v) is 6.23. The Hall–Kier alpha value is -3.08. The van der Waals surface area contributed by atoms with Crippen LogP contribution in [0.1, 0.15) is 30.0 Å². The molecule has 4 aromatic rings. The molecule has 1 atom stereocenters. The zero-order chi connectivity index (χ0) is 24.2. The molecule has 0 bridgehead atoms. The topological polar surface area (TPSA) is 132 Å². The summed E-state index contributed by atoms with van der Waals surface area (Å²) in [6.07, 6.45) is 6.32. The zero-order valence-corrected chi connectivity index (χ0v) is 20.7. The Morgan fingerprint density at radius 1 is 1.20 bits per heavy atom. The van der Waals surface area contributed by atoms with Crippen molar-refractivity contribution in [2.24, 2.45) is 11.1 Å². The highest BCUT2D eigenvalue weighted by Crippen LogP contribution is 2.51. The molecule has 0 amide bonds. The second kappa shape index (κ2) is 8.54. The lowest BCUT2D eigenvalue weighted by molar-refractivity contribution is 0.187. The van der Waals surface area contributed by atoms with E-state index in [0.29, 0.717) is 27.2 Å². The van der Waals surface area contributed by atoms with Crippen molar-refractivity contribution in [2.45, 2.75) is 35.2 Å². The second-order valence-corrected chi connectivity index (χ2v) is 10.6. The first-order valence-corrected chi connectivity index (χ1v) is 12.6. The van der Waals surface area contributed by atoms with Crippen LogP contribution in [0.5, 0.6) is 5.75 Å². The third kappa shape index (κ3) is 3.85. The van der Waals surface area contributed by atoms with Crippen molar-refractivity contribution in [1.82, 2.24) is 24.9 Å². The number of nitrogen functional groups attached to an aromatic ring is 1. The summed E-state index contributed by atoms with van der Waals surface area (Å²) in [5.74, 6) is 1.94. The van der Waals surface area contributed by atoms with Crippen LogP contribution in [0.4, 0.5) is 11.8 Å². The highest BCUT2D eigenvalue weighted by atomic mass is 35.5. The summed E-state index contributed by atoms with van der Waals surface area (Å²) in [5.41, 5.74) is 16.4. The van der Waals surface area contributed by atoms with Crippen molar-refractivity contribution >= 4 is 46.4 Å². The van der Waals surface area contributed by atoms with Crippen molar-refractivity contribution in [3.8, 4) is 5.75 Å². The van der Waals surface area contributed by atoms with Gasteiger partial charge in [0, 0.05) is 30.2 Å². The number of H-pyrrole nitrogens is 1. The number of imidazole rings is 1. The molecule has 1 spiro atoms. The number of rotatable bonds is 4. The molecule has 11 heteroatoms. The summed E-state index contributed by atoms with van der Waals surface area (Å²) in [7, 11) is 1.69. The minimum Gasteiger partial charge on any atom is -0.497 e. The quantitative estimate of drug-likeness (QED) is 0.374. The number of hydrogen-bond donors (Lipinski definition) is 3. The first-order valence-electron chi connectivity index (χ1n) is 11.4. The number of aromatic nitrogens is 5. The number of anilines is 2. The Balaban J connectivity index is 1.18. The van der Waals surface area contributed by atoms with Gasteiger partial charge in [-0.25, -0.2) is 15.0 Å². The number of fused-ring (bicyclic) bond motifs is 2. The average molecular weight is 509 g/mol. The van der Waals surface area contributed by atoms with E-state index in [1.807, 2.05) is 6.07 Å². The van der Waals surface area contributed by atoms with Crippen molar-refractivity contribution in [1.29, 1.82) is 0 Å². The molecule has 0 saturated carbocycles. The van der Waals surface area contributed by atoms with Gasteiger partial charge in [-0.05, 0) is 54.0 Å². The van der Waals surface area contributed by atoms with Crippen LogP contribution in [-0.4, -0.2) is 45.1 Å². The van der Waals surface area contributed by atoms with E-state index in [9.17, 15) is 0 Å². The fourth-order valence-electron chi connectivity index (χ4n) is 5.22. The summed E-state index contributed by atoms with van der Waals surface area (Å²) < 4.78 is 5.42. The summed E-state index contributed by atoms with van der Waals surface area (Å²) >= 11 is 7.65. The molecule has 3 aromatic heterocycles. The van der Waals surface area contributed by atoms with E-state index in [-0.39, 0.29) is 11.5 Å². The minimum atomic E-state index is 0.0161. The van der Waals surface area contributed by atoms with Gasteiger partial charge in [-0.15, -0.1) is 0 Å². The van der Waals surface area contributed by atoms with Gasteiger partial charge in [0.2, 0.25) is 5.95 Å². The highest BCUT2D eigenvalue weighted by molar-refractivity contribution is 7.99. The van der Waals surface area contributed by atoms with Gasteiger partial charge in [-0.3, -0.25) is 0 Å². The molecule has 1 aliphatic heterocycles. The van der Waals surface area contributed by atoms with Gasteiger partial charge in [-0.2, -0.15) is 4.98 Å². The molecule has 1 fully saturated rings. The van der Waals surface area contributed by atoms with Gasteiger partial charge < -0.3 is 26.1 Å². The van der Waals surface area contributed by atoms with Crippen molar-refractivity contribution < 1.29 is 4.74 Å². The smallest absolute Gasteiger partial charge is 0.206 e. The summed E-state index contributed by atoms with van der Waals surface area (Å²) in [6, 6.07) is 8.10. The van der Waals surface area contributed by atoms with Gasteiger partial charge in [0.1, 0.15) is 16.6 Å². The third-order valence-electron chi connectivity index (χ3n) is 7.22. The molecule has 6 rings (SSSR count). The Morgan fingerprint density at radius 2 is 2.03 bits per heavy atom. The van der Waals surface area contributed by atoms with Crippen molar-refractivity contribution in [3.05, 3.63) is 52.8 Å². The first-order chi connectivity index (χ1) is 17.0. The summed E-state index contributed by atoms with van der Waals surface area (Å²) in [5, 5.41) is 1.10. The van der Waals surface area contributed by atoms with E-state index in [1.54, 1.807) is 25.6 Å². The molecule has 1 aromatic carbocycles. The monoisotopic (exact) mass is 508 g/mol. The van der Waals surface area contributed by atoms with Gasteiger partial charge in [0.25, 0.3) is 0 Å². The van der Waals surface area contributed by atoms with Crippen LogP contribution in [0.25, 0.3) is 11.3 Å². The maximum Gasteiger partial charge on any atom is 0.206 e. The van der Waals surface area contributed by atoms with Crippen LogP contribution >= 0.6 is 23.4 Å². The molecule has 1 saturated heterocycles. The Kier molecular flexibility index (Phi) is 5.46. The molecule has 0 unspecified atom stereocenters. The lowest BCUT2D eigenvalue weighted by Crippen LogP contribution is -2.44. The number of methoxy groups -OCH3 is 1. The van der Waals surface area contributed by atoms with E-state index in [4.69, 9.17) is 32.8 Å². The Bertz CT molecular complexity index is 1420. The normalized spacial score (nSPS) is 18.8. The van der Waals surface area contributed by atoms with Crippen molar-refractivity contribution in [2.75, 3.05) is 30.8 Å². The molecular weight excluding hydrogens is 484 g/mol. The molecular formula is C24H25ClN8OS. The number of hydrogen-bond acceptors (Lipinski definition) is 9. The Morgan fingerprint density at radius 3 is 2.83 bits per heavy atom. The number of halogens is 1. The van der Waals surface area contributed by atoms with Crippen LogP contribution in [0.2, 0.25) is 5.02 Å². The van der Waals surface area contributed by atoms with Gasteiger partial charge >= 0.3 is 0 Å². The SMILES string of the molecule is COc1ccc2c(c1)[C@@H](N)C1(CCN(c3nc4nc(Sc5ccnc(N)c5Cl)cnc4[nH]3)CC1)C2. The number of aromatic amines is 1. The Labute approximate surface area is 211 Å². The lowest BCUT2D eigenvalue weighted by Gasteiger charge is -2.42. The van der Waals surface area contributed by atoms with E-state index in [0.717, 1.165) is 48.9 Å². The number of piperidine rings is 1. The van der Waals surface area contributed by atoms with Crippen LogP contribution in [-0.2, 0) is 6.42 Å². The van der Waals surface area contributed by atoms with Gasteiger partial charge in [0.15, 0.2) is 11.3 Å². The van der Waals surface area contributed by atoms with E-state index >= 15 is 0 Å². The van der Waals surface area contributed by atoms with Gasteiger partial charge in [-0.1, -0.05) is 29.4 Å². The standard InChI is InChI=1S/C24H25ClN8OS/c1-34-14-3-2-13-11-24(19(26)15(13)10-14)5-8-33(9-6-24)23-31-21-22(32-23)30-17(12-29-21)35-16-4-7-28-20(27)18(16)25/h2-4,7,10,12,19H,5-6,8-9,11,26H2,1H3,(H2,27,28)(H,29,30,31,32)/t19-/m1/s1. The van der Waals surface area contributed by atoms with E-state index in [1.165, 1.54) is 22.9 Å². The molecule has 1 aliphatic carbocycles.